The third-order valence-electron chi connectivity index (χ3n) is 2.25. The van der Waals surface area contributed by atoms with Gasteiger partial charge in [0.25, 0.3) is 0 Å². The number of carbonyl (C=O) groups is 1. The number of ether oxygens (including phenoxy) is 1. The fraction of sp³-hybridized carbons (Fsp3) is 0.167. The number of hydrogen-bond acceptors (Lipinski definition) is 3. The average Bonchev–Trinajstić information content (AvgIpc) is 2.29. The van der Waals surface area contributed by atoms with Gasteiger partial charge in [0.05, 0.1) is 0 Å². The van der Waals surface area contributed by atoms with Gasteiger partial charge in [0, 0.05) is 11.6 Å². The van der Waals surface area contributed by atoms with Crippen LogP contribution in [0.2, 0.25) is 0 Å². The molecular weight excluding hydrogens is 229 g/mol. The minimum absolute atomic E-state index is 0. The summed E-state index contributed by atoms with van der Waals surface area (Å²) in [7, 11) is 0. The molecule has 0 radical (unpaired) electrons. The zero-order valence-electron chi connectivity index (χ0n) is 8.75. The van der Waals surface area contributed by atoms with Crippen molar-refractivity contribution in [3.8, 4) is 5.75 Å². The molecule has 0 unspecified atom stereocenters. The van der Waals surface area contributed by atoms with Crippen molar-refractivity contribution in [2.75, 3.05) is 0 Å². The Morgan fingerprint density at radius 2 is 2.06 bits per heavy atom. The Labute approximate surface area is 121 Å². The quantitative estimate of drug-likeness (QED) is 0.826. The molecule has 0 saturated carbocycles. The molecule has 2 rings (SSSR count). The molecule has 1 N–H and O–H groups in total. The molecular formula is C12H12NNaO3. The summed E-state index contributed by atoms with van der Waals surface area (Å²) in [5.41, 5.74) is 0.679. The number of pyridine rings is 1. The number of aromatic nitrogens is 1. The van der Waals surface area contributed by atoms with Crippen LogP contribution in [0.1, 0.15) is 6.92 Å². The first kappa shape index (κ1) is 14.0. The average molecular weight is 241 g/mol. The van der Waals surface area contributed by atoms with Gasteiger partial charge in [0.2, 0.25) is 0 Å². The Kier molecular flexibility index (Phi) is 4.93. The summed E-state index contributed by atoms with van der Waals surface area (Å²) in [6, 6.07) is 9.16. The van der Waals surface area contributed by atoms with E-state index < -0.39 is 12.1 Å². The summed E-state index contributed by atoms with van der Waals surface area (Å²) in [6.07, 6.45) is 0.772. The van der Waals surface area contributed by atoms with Crippen LogP contribution in [-0.2, 0) is 4.79 Å². The first-order valence-electron chi connectivity index (χ1n) is 4.91. The molecule has 0 amide bonds. The van der Waals surface area contributed by atoms with E-state index in [0.29, 0.717) is 11.3 Å². The predicted molar refractivity (Wildman–Crippen MR) is 66.6 cm³/mol. The summed E-state index contributed by atoms with van der Waals surface area (Å²) < 4.78 is 5.33. The molecule has 0 bridgehead atoms. The Balaban J connectivity index is 0.00000144. The minimum atomic E-state index is -0.993. The van der Waals surface area contributed by atoms with E-state index >= 15 is 0 Å². The van der Waals surface area contributed by atoms with Crippen molar-refractivity contribution in [1.29, 1.82) is 0 Å². The normalized spacial score (nSPS) is 11.6. The number of fused-ring (bicyclic) bond motifs is 1. The van der Waals surface area contributed by atoms with Crippen molar-refractivity contribution >= 4 is 46.4 Å². The molecule has 1 atom stereocenters. The predicted octanol–water partition coefficient (Wildman–Crippen LogP) is 1.44. The first-order valence-corrected chi connectivity index (χ1v) is 4.91. The topological polar surface area (TPSA) is 59.4 Å². The Morgan fingerprint density at radius 1 is 1.35 bits per heavy atom. The van der Waals surface area contributed by atoms with Gasteiger partial charge >= 0.3 is 35.5 Å². The fourth-order valence-corrected chi connectivity index (χ4v) is 1.41. The van der Waals surface area contributed by atoms with Gasteiger partial charge in [-0.2, -0.15) is 0 Å². The molecule has 1 heterocycles. The number of nitrogens with zero attached hydrogens (tertiary/aromatic N) is 1. The maximum absolute atomic E-state index is 10.7. The monoisotopic (exact) mass is 241 g/mol. The van der Waals surface area contributed by atoms with Crippen LogP contribution in [0, 0.1) is 0 Å². The van der Waals surface area contributed by atoms with E-state index in [1.165, 1.54) is 6.92 Å². The van der Waals surface area contributed by atoms with Crippen molar-refractivity contribution in [2.24, 2.45) is 0 Å². The molecule has 0 spiro atoms. The Morgan fingerprint density at radius 3 is 2.76 bits per heavy atom. The second-order valence-electron chi connectivity index (χ2n) is 3.43. The molecule has 0 aliphatic carbocycles. The molecule has 17 heavy (non-hydrogen) atoms. The van der Waals surface area contributed by atoms with E-state index in [-0.39, 0.29) is 29.6 Å². The molecule has 84 valence electrons. The summed E-state index contributed by atoms with van der Waals surface area (Å²) in [5.74, 6) is -0.499. The van der Waals surface area contributed by atoms with Crippen LogP contribution in [0.4, 0.5) is 0 Å². The third-order valence-corrected chi connectivity index (χ3v) is 2.25. The maximum atomic E-state index is 10.7. The standard InChI is InChI=1S/C12H11NO3.Na.H/c1-8(12(14)15)16-10-6-2-4-9-5-3-7-13-11(9)10;;/h2-8H,1H3,(H,14,15);;/t8-;;/m0../s1. The van der Waals surface area contributed by atoms with Crippen LogP contribution < -0.4 is 4.74 Å². The molecule has 1 aromatic carbocycles. The Hall–Kier alpha value is -1.10. The van der Waals surface area contributed by atoms with E-state index in [1.54, 1.807) is 12.3 Å². The molecule has 4 nitrogen and oxygen atoms in total. The van der Waals surface area contributed by atoms with Crippen molar-refractivity contribution in [2.45, 2.75) is 13.0 Å². The van der Waals surface area contributed by atoms with Gasteiger partial charge in [0.15, 0.2) is 6.10 Å². The summed E-state index contributed by atoms with van der Waals surface area (Å²) in [4.78, 5) is 14.9. The van der Waals surface area contributed by atoms with E-state index in [9.17, 15) is 4.79 Å². The molecule has 0 fully saturated rings. The molecule has 0 aliphatic heterocycles. The zero-order valence-corrected chi connectivity index (χ0v) is 8.75. The van der Waals surface area contributed by atoms with Crippen LogP contribution in [0.3, 0.4) is 0 Å². The van der Waals surface area contributed by atoms with Gasteiger partial charge in [-0.1, -0.05) is 18.2 Å². The van der Waals surface area contributed by atoms with Crippen molar-refractivity contribution in [1.82, 2.24) is 4.98 Å². The number of hydrogen-bond donors (Lipinski definition) is 1. The second-order valence-corrected chi connectivity index (χ2v) is 3.43. The van der Waals surface area contributed by atoms with Crippen LogP contribution in [0.25, 0.3) is 10.9 Å². The van der Waals surface area contributed by atoms with Gasteiger partial charge in [0.1, 0.15) is 11.3 Å². The number of carboxylic acids is 1. The zero-order chi connectivity index (χ0) is 11.5. The fourth-order valence-electron chi connectivity index (χ4n) is 1.41. The third kappa shape index (κ3) is 3.19. The number of aliphatic carboxylic acids is 1. The number of para-hydroxylation sites is 1. The molecule has 0 saturated heterocycles. The van der Waals surface area contributed by atoms with E-state index in [0.717, 1.165) is 5.39 Å². The summed E-state index contributed by atoms with van der Waals surface area (Å²) in [6.45, 7) is 1.49. The van der Waals surface area contributed by atoms with Crippen molar-refractivity contribution in [3.63, 3.8) is 0 Å². The Bertz CT molecular complexity index is 525. The van der Waals surface area contributed by atoms with E-state index in [4.69, 9.17) is 9.84 Å². The molecule has 2 aromatic rings. The van der Waals surface area contributed by atoms with Crippen LogP contribution >= 0.6 is 0 Å². The first-order chi connectivity index (χ1) is 7.68. The molecule has 1 aromatic heterocycles. The number of rotatable bonds is 3. The van der Waals surface area contributed by atoms with E-state index in [2.05, 4.69) is 4.98 Å². The summed E-state index contributed by atoms with van der Waals surface area (Å²) in [5, 5.41) is 9.70. The van der Waals surface area contributed by atoms with Crippen LogP contribution in [-0.4, -0.2) is 51.7 Å². The van der Waals surface area contributed by atoms with Gasteiger partial charge in [-0.25, -0.2) is 4.79 Å². The van der Waals surface area contributed by atoms with Crippen molar-refractivity contribution < 1.29 is 14.6 Å². The molecule has 0 aliphatic rings. The SMILES string of the molecule is C[C@H](Oc1cccc2cccnc12)C(=O)O.[NaH]. The van der Waals surface area contributed by atoms with Crippen LogP contribution in [0.5, 0.6) is 5.75 Å². The second kappa shape index (κ2) is 6.00. The van der Waals surface area contributed by atoms with Crippen LogP contribution in [0.15, 0.2) is 36.5 Å². The van der Waals surface area contributed by atoms with Crippen molar-refractivity contribution in [3.05, 3.63) is 36.5 Å². The van der Waals surface area contributed by atoms with Gasteiger partial charge in [-0.05, 0) is 19.1 Å². The van der Waals surface area contributed by atoms with Gasteiger partial charge in [-0.15, -0.1) is 0 Å². The number of benzene rings is 1. The number of carboxylic acid groups (broad SMARTS) is 1. The summed E-state index contributed by atoms with van der Waals surface area (Å²) >= 11 is 0. The molecule has 5 heteroatoms. The van der Waals surface area contributed by atoms with E-state index in [1.807, 2.05) is 24.3 Å². The van der Waals surface area contributed by atoms with Gasteiger partial charge < -0.3 is 9.84 Å². The van der Waals surface area contributed by atoms with Gasteiger partial charge in [-0.3, -0.25) is 4.98 Å².